The van der Waals surface area contributed by atoms with Gasteiger partial charge in [0.2, 0.25) is 0 Å². The maximum atomic E-state index is 12.4. The molecule has 0 aliphatic carbocycles. The minimum absolute atomic E-state index is 0.266. The number of halogens is 1. The van der Waals surface area contributed by atoms with E-state index in [1.165, 1.54) is 30.5 Å². The van der Waals surface area contributed by atoms with Gasteiger partial charge in [-0.2, -0.15) is 0 Å². The van der Waals surface area contributed by atoms with Crippen LogP contribution in [0.3, 0.4) is 0 Å². The Kier molecular flexibility index (Phi) is 3.14. The van der Waals surface area contributed by atoms with Crippen LogP contribution < -0.4 is 0 Å². The fourth-order valence-electron chi connectivity index (χ4n) is 0.778. The zero-order valence-corrected chi connectivity index (χ0v) is 6.77. The van der Waals surface area contributed by atoms with E-state index >= 15 is 0 Å². The van der Waals surface area contributed by atoms with Crippen LogP contribution in [-0.2, 0) is 4.79 Å². The van der Waals surface area contributed by atoms with Gasteiger partial charge in [0.05, 0.1) is 0 Å². The van der Waals surface area contributed by atoms with Crippen molar-refractivity contribution in [2.45, 2.75) is 0 Å². The van der Waals surface area contributed by atoms with E-state index in [0.29, 0.717) is 5.56 Å². The Morgan fingerprint density at radius 1 is 1.46 bits per heavy atom. The van der Waals surface area contributed by atoms with Gasteiger partial charge in [-0.25, -0.2) is 4.39 Å². The second-order valence-corrected chi connectivity index (χ2v) is 2.42. The van der Waals surface area contributed by atoms with Gasteiger partial charge in [-0.15, -0.1) is 0 Å². The molecular formula is C9H8FNO2. The Labute approximate surface area is 74.5 Å². The molecule has 0 saturated heterocycles. The average Bonchev–Trinajstić information content (AvgIpc) is 2.08. The number of aliphatic imine (C=N–C) groups is 1. The quantitative estimate of drug-likeness (QED) is 0.715. The van der Waals surface area contributed by atoms with Gasteiger partial charge in [-0.1, -0.05) is 12.1 Å². The van der Waals surface area contributed by atoms with E-state index in [-0.39, 0.29) is 12.4 Å². The molecule has 1 rings (SSSR count). The summed E-state index contributed by atoms with van der Waals surface area (Å²) in [5.41, 5.74) is 0.683. The molecule has 0 aliphatic rings. The highest BCUT2D eigenvalue weighted by molar-refractivity contribution is 5.81. The molecule has 0 amide bonds. The van der Waals surface area contributed by atoms with E-state index in [1.54, 1.807) is 0 Å². The number of nitrogens with zero attached hydrogens (tertiary/aromatic N) is 1. The second kappa shape index (κ2) is 4.35. The summed E-state index contributed by atoms with van der Waals surface area (Å²) < 4.78 is 12.4. The van der Waals surface area contributed by atoms with Crippen LogP contribution in [0.2, 0.25) is 0 Å². The monoisotopic (exact) mass is 181 g/mol. The molecule has 0 radical (unpaired) electrons. The van der Waals surface area contributed by atoms with Crippen molar-refractivity contribution >= 4 is 12.2 Å². The van der Waals surface area contributed by atoms with Gasteiger partial charge in [0, 0.05) is 6.21 Å². The van der Waals surface area contributed by atoms with Crippen LogP contribution in [-0.4, -0.2) is 23.8 Å². The Bertz CT molecular complexity index is 319. The molecule has 0 bridgehead atoms. The van der Waals surface area contributed by atoms with Crippen molar-refractivity contribution in [2.24, 2.45) is 4.99 Å². The van der Waals surface area contributed by atoms with Crippen LogP contribution in [0.5, 0.6) is 0 Å². The third-order valence-electron chi connectivity index (χ3n) is 1.34. The van der Waals surface area contributed by atoms with Gasteiger partial charge in [-0.05, 0) is 17.7 Å². The van der Waals surface area contributed by atoms with Crippen molar-refractivity contribution < 1.29 is 14.3 Å². The molecule has 1 aromatic rings. The molecule has 1 N–H and O–H groups in total. The summed E-state index contributed by atoms with van der Waals surface area (Å²) in [5, 5.41) is 8.26. The SMILES string of the molecule is O=C(O)CN=Cc1ccc(F)cc1. The van der Waals surface area contributed by atoms with E-state index in [2.05, 4.69) is 4.99 Å². The number of carboxylic acid groups (broad SMARTS) is 1. The Hall–Kier alpha value is -1.71. The molecule has 0 aromatic heterocycles. The second-order valence-electron chi connectivity index (χ2n) is 2.42. The predicted octanol–water partition coefficient (Wildman–Crippen LogP) is 1.33. The number of carboxylic acids is 1. The van der Waals surface area contributed by atoms with Gasteiger partial charge < -0.3 is 5.11 Å². The Morgan fingerprint density at radius 3 is 2.62 bits per heavy atom. The van der Waals surface area contributed by atoms with Crippen LogP contribution in [0.4, 0.5) is 4.39 Å². The van der Waals surface area contributed by atoms with E-state index in [1.807, 2.05) is 0 Å². The zero-order chi connectivity index (χ0) is 9.68. The zero-order valence-electron chi connectivity index (χ0n) is 6.77. The van der Waals surface area contributed by atoms with E-state index in [9.17, 15) is 9.18 Å². The molecule has 0 fully saturated rings. The fraction of sp³-hybridized carbons (Fsp3) is 0.111. The number of hydrogen-bond donors (Lipinski definition) is 1. The maximum Gasteiger partial charge on any atom is 0.325 e. The minimum Gasteiger partial charge on any atom is -0.480 e. The largest absolute Gasteiger partial charge is 0.480 e. The molecule has 0 unspecified atom stereocenters. The lowest BCUT2D eigenvalue weighted by molar-refractivity contribution is -0.135. The number of carbonyl (C=O) groups is 1. The molecule has 3 nitrogen and oxygen atoms in total. The lowest BCUT2D eigenvalue weighted by Crippen LogP contribution is -1.99. The third kappa shape index (κ3) is 3.46. The summed E-state index contributed by atoms with van der Waals surface area (Å²) in [6.45, 7) is -0.266. The third-order valence-corrected chi connectivity index (χ3v) is 1.34. The van der Waals surface area contributed by atoms with Crippen molar-refractivity contribution in [3.8, 4) is 0 Å². The molecule has 0 heterocycles. The first kappa shape index (κ1) is 9.38. The highest BCUT2D eigenvalue weighted by Crippen LogP contribution is 1.99. The fourth-order valence-corrected chi connectivity index (χ4v) is 0.778. The molecule has 0 saturated carbocycles. The summed E-state index contributed by atoms with van der Waals surface area (Å²) in [7, 11) is 0. The Morgan fingerprint density at radius 2 is 2.08 bits per heavy atom. The first-order valence-electron chi connectivity index (χ1n) is 3.65. The maximum absolute atomic E-state index is 12.4. The summed E-state index contributed by atoms with van der Waals surface area (Å²) in [4.78, 5) is 13.7. The number of rotatable bonds is 3. The molecule has 0 aliphatic heterocycles. The summed E-state index contributed by atoms with van der Waals surface area (Å²) in [6, 6.07) is 5.64. The highest BCUT2D eigenvalue weighted by Gasteiger charge is 1.91. The molecule has 13 heavy (non-hydrogen) atoms. The highest BCUT2D eigenvalue weighted by atomic mass is 19.1. The van der Waals surface area contributed by atoms with Crippen molar-refractivity contribution in [3.05, 3.63) is 35.6 Å². The van der Waals surface area contributed by atoms with E-state index in [0.717, 1.165) is 0 Å². The summed E-state index contributed by atoms with van der Waals surface area (Å²) >= 11 is 0. The predicted molar refractivity (Wildman–Crippen MR) is 46.5 cm³/mol. The normalized spacial score (nSPS) is 10.5. The minimum atomic E-state index is -0.988. The van der Waals surface area contributed by atoms with Crippen LogP contribution in [0.15, 0.2) is 29.3 Å². The van der Waals surface area contributed by atoms with Gasteiger partial charge in [0.15, 0.2) is 0 Å². The average molecular weight is 181 g/mol. The van der Waals surface area contributed by atoms with Gasteiger partial charge in [-0.3, -0.25) is 9.79 Å². The summed E-state index contributed by atoms with van der Waals surface area (Å²) in [6.07, 6.45) is 1.40. The van der Waals surface area contributed by atoms with Crippen LogP contribution in [0.1, 0.15) is 5.56 Å². The van der Waals surface area contributed by atoms with E-state index < -0.39 is 5.97 Å². The lowest BCUT2D eigenvalue weighted by Gasteiger charge is -1.91. The molecule has 0 atom stereocenters. The summed E-state index contributed by atoms with van der Waals surface area (Å²) in [5.74, 6) is -1.31. The van der Waals surface area contributed by atoms with Crippen LogP contribution >= 0.6 is 0 Å². The number of aliphatic carboxylic acids is 1. The molecular weight excluding hydrogens is 173 g/mol. The topological polar surface area (TPSA) is 49.7 Å². The standard InChI is InChI=1S/C9H8FNO2/c10-8-3-1-7(2-4-8)5-11-6-9(12)13/h1-5H,6H2,(H,12,13). The van der Waals surface area contributed by atoms with Gasteiger partial charge >= 0.3 is 5.97 Å². The number of benzene rings is 1. The van der Waals surface area contributed by atoms with Crippen molar-refractivity contribution in [3.63, 3.8) is 0 Å². The van der Waals surface area contributed by atoms with Crippen molar-refractivity contribution in [1.29, 1.82) is 0 Å². The Balaban J connectivity index is 2.59. The van der Waals surface area contributed by atoms with Crippen LogP contribution in [0.25, 0.3) is 0 Å². The smallest absolute Gasteiger partial charge is 0.325 e. The molecule has 4 heteroatoms. The molecule has 1 aromatic carbocycles. The van der Waals surface area contributed by atoms with Crippen LogP contribution in [0, 0.1) is 5.82 Å². The van der Waals surface area contributed by atoms with Gasteiger partial charge in [0.25, 0.3) is 0 Å². The first-order chi connectivity index (χ1) is 6.18. The first-order valence-corrected chi connectivity index (χ1v) is 3.65. The lowest BCUT2D eigenvalue weighted by atomic mass is 10.2. The van der Waals surface area contributed by atoms with Gasteiger partial charge in [0.1, 0.15) is 12.4 Å². The van der Waals surface area contributed by atoms with E-state index in [4.69, 9.17) is 5.11 Å². The van der Waals surface area contributed by atoms with Crippen molar-refractivity contribution in [2.75, 3.05) is 6.54 Å². The number of hydrogen-bond acceptors (Lipinski definition) is 2. The molecule has 0 spiro atoms. The van der Waals surface area contributed by atoms with Crippen molar-refractivity contribution in [1.82, 2.24) is 0 Å². The molecule has 68 valence electrons.